The third kappa shape index (κ3) is 3.93. The Balaban J connectivity index is 2.44. The van der Waals surface area contributed by atoms with Crippen molar-refractivity contribution in [3.8, 4) is 0 Å². The summed E-state index contributed by atoms with van der Waals surface area (Å²) in [4.78, 5) is 9.18. The van der Waals surface area contributed by atoms with Crippen LogP contribution in [-0.2, 0) is 6.61 Å². The number of pyridine rings is 1. The van der Waals surface area contributed by atoms with E-state index in [-0.39, 0.29) is 6.61 Å². The van der Waals surface area contributed by atoms with Crippen molar-refractivity contribution in [2.75, 3.05) is 38.6 Å². The molecule has 1 N–H and O–H groups in total. The van der Waals surface area contributed by atoms with Crippen molar-refractivity contribution < 1.29 is 5.11 Å². The smallest absolute Gasteiger partial charge is 0.136 e. The molecule has 21 heavy (non-hydrogen) atoms. The molecule has 1 aromatic heterocycles. The average molecular weight is 287 g/mol. The lowest BCUT2D eigenvalue weighted by Gasteiger charge is -2.26. The lowest BCUT2D eigenvalue weighted by molar-refractivity contribution is 0.277. The molecule has 0 unspecified atom stereocenters. The number of aliphatic hydroxyl groups excluding tert-OH is 1. The molecule has 2 rings (SSSR count). The van der Waals surface area contributed by atoms with Crippen LogP contribution in [-0.4, -0.2) is 48.7 Å². The molecule has 1 heterocycles. The number of hydrogen-bond donors (Lipinski definition) is 1. The minimum absolute atomic E-state index is 0.0223. The summed E-state index contributed by atoms with van der Waals surface area (Å²) in [6.07, 6.45) is 1.08. The maximum atomic E-state index is 9.46. The van der Waals surface area contributed by atoms with Gasteiger partial charge in [0.1, 0.15) is 5.82 Å². The molecule has 0 aliphatic rings. The lowest BCUT2D eigenvalue weighted by Crippen LogP contribution is -2.33. The van der Waals surface area contributed by atoms with Gasteiger partial charge in [0.2, 0.25) is 0 Å². The third-order valence-corrected chi connectivity index (χ3v) is 3.55. The SMILES string of the molecule is CCCN(CCN(C)C)c1nc(CO)cc2ccccc12. The molecule has 114 valence electrons. The van der Waals surface area contributed by atoms with Crippen molar-refractivity contribution in [2.24, 2.45) is 0 Å². The number of fused-ring (bicyclic) bond motifs is 1. The van der Waals surface area contributed by atoms with Gasteiger partial charge in [-0.1, -0.05) is 31.2 Å². The summed E-state index contributed by atoms with van der Waals surface area (Å²) in [5.74, 6) is 0.987. The van der Waals surface area contributed by atoms with Gasteiger partial charge in [-0.25, -0.2) is 4.98 Å². The molecule has 0 saturated heterocycles. The molecule has 0 bridgehead atoms. The predicted molar refractivity (Wildman–Crippen MR) is 88.7 cm³/mol. The Kier molecular flexibility index (Phi) is 5.53. The number of nitrogens with zero attached hydrogens (tertiary/aromatic N) is 3. The van der Waals surface area contributed by atoms with E-state index in [1.165, 1.54) is 0 Å². The fourth-order valence-corrected chi connectivity index (χ4v) is 2.47. The van der Waals surface area contributed by atoms with Gasteiger partial charge in [0, 0.05) is 25.0 Å². The highest BCUT2D eigenvalue weighted by Crippen LogP contribution is 2.26. The van der Waals surface area contributed by atoms with E-state index in [4.69, 9.17) is 0 Å². The van der Waals surface area contributed by atoms with Gasteiger partial charge in [0.05, 0.1) is 12.3 Å². The van der Waals surface area contributed by atoms with E-state index >= 15 is 0 Å². The van der Waals surface area contributed by atoms with Crippen LogP contribution < -0.4 is 4.90 Å². The van der Waals surface area contributed by atoms with E-state index in [9.17, 15) is 5.11 Å². The van der Waals surface area contributed by atoms with Crippen LogP contribution in [0.2, 0.25) is 0 Å². The van der Waals surface area contributed by atoms with Gasteiger partial charge in [0.25, 0.3) is 0 Å². The Labute approximate surface area is 127 Å². The maximum Gasteiger partial charge on any atom is 0.136 e. The molecule has 1 aromatic carbocycles. The quantitative estimate of drug-likeness (QED) is 0.849. The predicted octanol–water partition coefficient (Wildman–Crippen LogP) is 2.51. The zero-order valence-electron chi connectivity index (χ0n) is 13.2. The summed E-state index contributed by atoms with van der Waals surface area (Å²) in [6.45, 7) is 5.05. The number of hydrogen-bond acceptors (Lipinski definition) is 4. The third-order valence-electron chi connectivity index (χ3n) is 3.55. The number of benzene rings is 1. The molecule has 0 fully saturated rings. The molecule has 4 nitrogen and oxygen atoms in total. The fraction of sp³-hybridized carbons (Fsp3) is 0.471. The van der Waals surface area contributed by atoms with Crippen LogP contribution in [0.15, 0.2) is 30.3 Å². The summed E-state index contributed by atoms with van der Waals surface area (Å²) in [5.41, 5.74) is 0.731. The Bertz CT molecular complexity index is 583. The minimum Gasteiger partial charge on any atom is -0.390 e. The monoisotopic (exact) mass is 287 g/mol. The Morgan fingerprint density at radius 3 is 2.52 bits per heavy atom. The summed E-state index contributed by atoms with van der Waals surface area (Å²) in [7, 11) is 4.17. The van der Waals surface area contributed by atoms with Gasteiger partial charge < -0.3 is 14.9 Å². The molecule has 0 saturated carbocycles. The highest BCUT2D eigenvalue weighted by Gasteiger charge is 2.13. The Hall–Kier alpha value is -1.65. The van der Waals surface area contributed by atoms with E-state index in [1.54, 1.807) is 0 Å². The van der Waals surface area contributed by atoms with Crippen LogP contribution in [0.3, 0.4) is 0 Å². The number of rotatable bonds is 7. The second-order valence-electron chi connectivity index (χ2n) is 5.61. The lowest BCUT2D eigenvalue weighted by atomic mass is 10.1. The number of anilines is 1. The summed E-state index contributed by atoms with van der Waals surface area (Å²) in [6, 6.07) is 10.2. The van der Waals surface area contributed by atoms with E-state index in [2.05, 4.69) is 47.9 Å². The second kappa shape index (κ2) is 7.38. The van der Waals surface area contributed by atoms with Crippen molar-refractivity contribution in [3.05, 3.63) is 36.0 Å². The summed E-state index contributed by atoms with van der Waals surface area (Å²) >= 11 is 0. The van der Waals surface area contributed by atoms with E-state index in [0.29, 0.717) is 0 Å². The molecule has 0 atom stereocenters. The van der Waals surface area contributed by atoms with Crippen LogP contribution in [0.5, 0.6) is 0 Å². The van der Waals surface area contributed by atoms with Gasteiger partial charge in [-0.15, -0.1) is 0 Å². The first kappa shape index (κ1) is 15.7. The van der Waals surface area contributed by atoms with E-state index in [0.717, 1.165) is 48.3 Å². The van der Waals surface area contributed by atoms with Crippen LogP contribution in [0.4, 0.5) is 5.82 Å². The van der Waals surface area contributed by atoms with Crippen molar-refractivity contribution in [1.29, 1.82) is 0 Å². The van der Waals surface area contributed by atoms with Crippen molar-refractivity contribution in [2.45, 2.75) is 20.0 Å². The van der Waals surface area contributed by atoms with Gasteiger partial charge in [-0.2, -0.15) is 0 Å². The van der Waals surface area contributed by atoms with Gasteiger partial charge >= 0.3 is 0 Å². The second-order valence-corrected chi connectivity index (χ2v) is 5.61. The number of aliphatic hydroxyl groups is 1. The van der Waals surface area contributed by atoms with Gasteiger partial charge in [-0.05, 0) is 32.0 Å². The molecule has 0 amide bonds. The maximum absolute atomic E-state index is 9.46. The number of likely N-dealkylation sites (N-methyl/N-ethyl adjacent to an activating group) is 1. The minimum atomic E-state index is -0.0223. The van der Waals surface area contributed by atoms with Crippen LogP contribution in [0.25, 0.3) is 10.8 Å². The normalized spacial score (nSPS) is 11.3. The van der Waals surface area contributed by atoms with E-state index in [1.807, 2.05) is 18.2 Å². The zero-order chi connectivity index (χ0) is 15.2. The number of aromatic nitrogens is 1. The van der Waals surface area contributed by atoms with Gasteiger partial charge in [0.15, 0.2) is 0 Å². The molecular weight excluding hydrogens is 262 g/mol. The first-order valence-corrected chi connectivity index (χ1v) is 7.55. The highest BCUT2D eigenvalue weighted by molar-refractivity contribution is 5.92. The molecule has 0 radical (unpaired) electrons. The summed E-state index contributed by atoms with van der Waals surface area (Å²) in [5, 5.41) is 11.8. The molecule has 0 aliphatic heterocycles. The van der Waals surface area contributed by atoms with Gasteiger partial charge in [-0.3, -0.25) is 0 Å². The highest BCUT2D eigenvalue weighted by atomic mass is 16.3. The molecule has 2 aromatic rings. The Morgan fingerprint density at radius 2 is 1.86 bits per heavy atom. The topological polar surface area (TPSA) is 39.6 Å². The molecule has 0 aliphatic carbocycles. The van der Waals surface area contributed by atoms with Crippen molar-refractivity contribution >= 4 is 16.6 Å². The van der Waals surface area contributed by atoms with Crippen LogP contribution in [0.1, 0.15) is 19.0 Å². The largest absolute Gasteiger partial charge is 0.390 e. The first-order valence-electron chi connectivity index (χ1n) is 7.55. The first-order chi connectivity index (χ1) is 10.2. The van der Waals surface area contributed by atoms with Crippen molar-refractivity contribution in [3.63, 3.8) is 0 Å². The molecule has 4 heteroatoms. The molecule has 0 spiro atoms. The Morgan fingerprint density at radius 1 is 1.10 bits per heavy atom. The summed E-state index contributed by atoms with van der Waals surface area (Å²) < 4.78 is 0. The van der Waals surface area contributed by atoms with Crippen LogP contribution >= 0.6 is 0 Å². The fourth-order valence-electron chi connectivity index (χ4n) is 2.47. The van der Waals surface area contributed by atoms with Crippen molar-refractivity contribution in [1.82, 2.24) is 9.88 Å². The van der Waals surface area contributed by atoms with Crippen LogP contribution in [0, 0.1) is 0 Å². The van der Waals surface area contributed by atoms with E-state index < -0.39 is 0 Å². The zero-order valence-corrected chi connectivity index (χ0v) is 13.2. The standard InChI is InChI=1S/C17H25N3O/c1-4-9-20(11-10-19(2)3)17-16-8-6-5-7-14(16)12-15(13-21)18-17/h5-8,12,21H,4,9-11,13H2,1-3H3. The molecular formula is C17H25N3O. The average Bonchev–Trinajstić information content (AvgIpc) is 2.50.